The third-order valence-electron chi connectivity index (χ3n) is 4.22. The summed E-state index contributed by atoms with van der Waals surface area (Å²) in [6.45, 7) is 2.50. The summed E-state index contributed by atoms with van der Waals surface area (Å²) in [7, 11) is -3.40. The molecule has 0 aromatic rings. The minimum atomic E-state index is -3.40. The van der Waals surface area contributed by atoms with Gasteiger partial charge in [-0.1, -0.05) is 0 Å². The highest BCUT2D eigenvalue weighted by Crippen LogP contribution is 2.32. The van der Waals surface area contributed by atoms with Crippen LogP contribution < -0.4 is 0 Å². The Kier molecular flexibility index (Phi) is 3.81. The summed E-state index contributed by atoms with van der Waals surface area (Å²) < 4.78 is 24.5. The molecule has 7 nitrogen and oxygen atoms in total. The maximum atomic E-state index is 12.4. The number of amides is 1. The van der Waals surface area contributed by atoms with E-state index in [1.165, 1.54) is 9.21 Å². The molecule has 0 radical (unpaired) electrons. The van der Waals surface area contributed by atoms with Crippen LogP contribution in [0.2, 0.25) is 0 Å². The first-order chi connectivity index (χ1) is 9.15. The normalized spacial score (nSPS) is 31.7. The Bertz CT molecular complexity index is 532. The lowest BCUT2D eigenvalue weighted by atomic mass is 9.90. The number of aliphatic carboxylic acids is 1. The van der Waals surface area contributed by atoms with Crippen molar-refractivity contribution in [2.45, 2.75) is 32.2 Å². The lowest BCUT2D eigenvalue weighted by molar-refractivity contribution is -0.147. The molecule has 2 aliphatic rings. The van der Waals surface area contributed by atoms with Crippen LogP contribution in [0.15, 0.2) is 0 Å². The van der Waals surface area contributed by atoms with Crippen molar-refractivity contribution in [3.63, 3.8) is 0 Å². The second-order valence-electron chi connectivity index (χ2n) is 5.91. The van der Waals surface area contributed by atoms with E-state index >= 15 is 0 Å². The van der Waals surface area contributed by atoms with E-state index in [0.717, 1.165) is 6.26 Å². The van der Waals surface area contributed by atoms with E-state index in [0.29, 0.717) is 32.4 Å². The Hall–Kier alpha value is -1.15. The SMILES string of the molecule is C[C@@]1(C(=O)O)CCN(C(=O)[C@@H]2CCCN2S(C)(=O)=O)C1. The number of carbonyl (C=O) groups is 2. The molecule has 8 heteroatoms. The Balaban J connectivity index is 2.11. The third kappa shape index (κ3) is 2.67. The van der Waals surface area contributed by atoms with Gasteiger partial charge in [-0.3, -0.25) is 9.59 Å². The summed E-state index contributed by atoms with van der Waals surface area (Å²) in [6, 6.07) is -0.666. The maximum absolute atomic E-state index is 12.4. The molecule has 0 unspecified atom stereocenters. The average Bonchev–Trinajstić information content (AvgIpc) is 2.94. The number of carbonyl (C=O) groups excluding carboxylic acids is 1. The van der Waals surface area contributed by atoms with Crippen molar-refractivity contribution >= 4 is 21.9 Å². The first-order valence-electron chi connectivity index (χ1n) is 6.64. The number of nitrogens with zero attached hydrogens (tertiary/aromatic N) is 2. The molecule has 0 aromatic carbocycles. The summed E-state index contributed by atoms with van der Waals surface area (Å²) >= 11 is 0. The summed E-state index contributed by atoms with van der Waals surface area (Å²) in [6.07, 6.45) is 2.67. The Morgan fingerprint density at radius 2 is 1.95 bits per heavy atom. The van der Waals surface area contributed by atoms with Crippen molar-refractivity contribution in [2.75, 3.05) is 25.9 Å². The quantitative estimate of drug-likeness (QED) is 0.774. The summed E-state index contributed by atoms with van der Waals surface area (Å²) in [5.41, 5.74) is -0.926. The van der Waals surface area contributed by atoms with Gasteiger partial charge in [-0.05, 0) is 26.2 Å². The van der Waals surface area contributed by atoms with E-state index in [2.05, 4.69) is 0 Å². The minimum Gasteiger partial charge on any atom is -0.481 e. The average molecular weight is 304 g/mol. The molecule has 2 saturated heterocycles. The van der Waals surface area contributed by atoms with Crippen molar-refractivity contribution in [1.29, 1.82) is 0 Å². The molecule has 2 aliphatic heterocycles. The van der Waals surface area contributed by atoms with Crippen molar-refractivity contribution < 1.29 is 23.1 Å². The smallest absolute Gasteiger partial charge is 0.311 e. The third-order valence-corrected chi connectivity index (χ3v) is 5.51. The van der Waals surface area contributed by atoms with Crippen molar-refractivity contribution in [1.82, 2.24) is 9.21 Å². The standard InChI is InChI=1S/C12H20N2O5S/c1-12(11(16)17)5-7-13(8-12)10(15)9-4-3-6-14(9)20(2,18)19/h9H,3-8H2,1-2H3,(H,16,17)/t9-,12+/m0/s1. The fourth-order valence-electron chi connectivity index (χ4n) is 2.92. The number of rotatable bonds is 3. The fourth-order valence-corrected chi connectivity index (χ4v) is 4.04. The summed E-state index contributed by atoms with van der Waals surface area (Å²) in [5, 5.41) is 9.17. The molecule has 1 amide bonds. The van der Waals surface area contributed by atoms with Crippen molar-refractivity contribution in [3.05, 3.63) is 0 Å². The molecule has 0 aromatic heterocycles. The second kappa shape index (κ2) is 5.00. The van der Waals surface area contributed by atoms with Gasteiger partial charge in [0.15, 0.2) is 0 Å². The van der Waals surface area contributed by atoms with Crippen LogP contribution in [0.3, 0.4) is 0 Å². The molecule has 1 N–H and O–H groups in total. The monoisotopic (exact) mass is 304 g/mol. The van der Waals surface area contributed by atoms with Gasteiger partial charge < -0.3 is 10.0 Å². The molecule has 0 aliphatic carbocycles. The first-order valence-corrected chi connectivity index (χ1v) is 8.49. The molecule has 0 saturated carbocycles. The lowest BCUT2D eigenvalue weighted by Crippen LogP contribution is -2.47. The molecular weight excluding hydrogens is 284 g/mol. The fraction of sp³-hybridized carbons (Fsp3) is 0.833. The van der Waals surface area contributed by atoms with Crippen LogP contribution >= 0.6 is 0 Å². The lowest BCUT2D eigenvalue weighted by Gasteiger charge is -2.27. The Morgan fingerprint density at radius 1 is 1.30 bits per heavy atom. The number of carboxylic acids is 1. The van der Waals surface area contributed by atoms with Gasteiger partial charge in [-0.2, -0.15) is 4.31 Å². The number of hydrogen-bond acceptors (Lipinski definition) is 4. The highest BCUT2D eigenvalue weighted by atomic mass is 32.2. The van der Waals surface area contributed by atoms with Gasteiger partial charge >= 0.3 is 5.97 Å². The maximum Gasteiger partial charge on any atom is 0.311 e. The number of likely N-dealkylation sites (tertiary alicyclic amines) is 1. The zero-order valence-corrected chi connectivity index (χ0v) is 12.5. The van der Waals surface area contributed by atoms with Crippen LogP contribution in [0.25, 0.3) is 0 Å². The van der Waals surface area contributed by atoms with E-state index < -0.39 is 27.4 Å². The zero-order chi connectivity index (χ0) is 15.1. The molecule has 2 rings (SSSR count). The van der Waals surface area contributed by atoms with E-state index in [9.17, 15) is 23.1 Å². The van der Waals surface area contributed by atoms with E-state index in [-0.39, 0.29) is 12.5 Å². The molecule has 2 fully saturated rings. The van der Waals surface area contributed by atoms with Gasteiger partial charge in [-0.15, -0.1) is 0 Å². The molecule has 0 bridgehead atoms. The van der Waals surface area contributed by atoms with Gasteiger partial charge in [0.05, 0.1) is 11.7 Å². The Labute approximate surface area is 118 Å². The molecular formula is C12H20N2O5S. The van der Waals surface area contributed by atoms with Crippen LogP contribution in [-0.2, 0) is 19.6 Å². The molecule has 0 spiro atoms. The van der Waals surface area contributed by atoms with Crippen molar-refractivity contribution in [2.24, 2.45) is 5.41 Å². The molecule has 20 heavy (non-hydrogen) atoms. The van der Waals surface area contributed by atoms with Crippen LogP contribution in [0.4, 0.5) is 0 Å². The topological polar surface area (TPSA) is 95.0 Å². The summed E-state index contributed by atoms with van der Waals surface area (Å²) in [4.78, 5) is 25.1. The van der Waals surface area contributed by atoms with Crippen LogP contribution in [0, 0.1) is 5.41 Å². The van der Waals surface area contributed by atoms with Gasteiger partial charge in [0.2, 0.25) is 15.9 Å². The Morgan fingerprint density at radius 3 is 2.45 bits per heavy atom. The zero-order valence-electron chi connectivity index (χ0n) is 11.7. The van der Waals surface area contributed by atoms with Gasteiger partial charge in [0.1, 0.15) is 6.04 Å². The number of sulfonamides is 1. The van der Waals surface area contributed by atoms with Crippen LogP contribution in [0.5, 0.6) is 0 Å². The predicted molar refractivity (Wildman–Crippen MR) is 71.5 cm³/mol. The van der Waals surface area contributed by atoms with Crippen LogP contribution in [-0.4, -0.2) is 66.5 Å². The van der Waals surface area contributed by atoms with Gasteiger partial charge in [-0.25, -0.2) is 8.42 Å². The van der Waals surface area contributed by atoms with Gasteiger partial charge in [0, 0.05) is 19.6 Å². The highest BCUT2D eigenvalue weighted by Gasteiger charge is 2.46. The highest BCUT2D eigenvalue weighted by molar-refractivity contribution is 7.88. The molecule has 2 atom stereocenters. The largest absolute Gasteiger partial charge is 0.481 e. The molecule has 2 heterocycles. The van der Waals surface area contributed by atoms with Gasteiger partial charge in [0.25, 0.3) is 0 Å². The van der Waals surface area contributed by atoms with Crippen molar-refractivity contribution in [3.8, 4) is 0 Å². The minimum absolute atomic E-state index is 0.148. The van der Waals surface area contributed by atoms with E-state index in [1.54, 1.807) is 6.92 Å². The van der Waals surface area contributed by atoms with E-state index in [4.69, 9.17) is 0 Å². The van der Waals surface area contributed by atoms with E-state index in [1.807, 2.05) is 0 Å². The number of carboxylic acid groups (broad SMARTS) is 1. The number of hydrogen-bond donors (Lipinski definition) is 1. The first kappa shape index (κ1) is 15.2. The summed E-state index contributed by atoms with van der Waals surface area (Å²) in [5.74, 6) is -1.18. The second-order valence-corrected chi connectivity index (χ2v) is 7.84. The molecule has 114 valence electrons. The van der Waals surface area contributed by atoms with Crippen LogP contribution in [0.1, 0.15) is 26.2 Å². The predicted octanol–water partition coefficient (Wildman–Crippen LogP) is -0.266.